The highest BCUT2D eigenvalue weighted by atomic mass is 19.4. The van der Waals surface area contributed by atoms with Crippen molar-refractivity contribution in [2.75, 3.05) is 11.1 Å². The molecule has 3 nitrogen and oxygen atoms in total. The lowest BCUT2D eigenvalue weighted by Gasteiger charge is -2.12. The minimum absolute atomic E-state index is 0.119. The quantitative estimate of drug-likeness (QED) is 0.852. The summed E-state index contributed by atoms with van der Waals surface area (Å²) in [6, 6.07) is 11.8. The van der Waals surface area contributed by atoms with Crippen LogP contribution in [-0.4, -0.2) is 5.91 Å². The number of nitrogen functional groups attached to an aromatic ring is 1. The summed E-state index contributed by atoms with van der Waals surface area (Å²) < 4.78 is 37.5. The van der Waals surface area contributed by atoms with Crippen LogP contribution in [0, 0.1) is 0 Å². The molecule has 2 rings (SSSR count). The van der Waals surface area contributed by atoms with Gasteiger partial charge in [-0.15, -0.1) is 0 Å². The van der Waals surface area contributed by atoms with E-state index in [1.54, 1.807) is 24.3 Å². The van der Waals surface area contributed by atoms with E-state index in [0.29, 0.717) is 0 Å². The van der Waals surface area contributed by atoms with E-state index in [2.05, 4.69) is 5.32 Å². The second-order valence-corrected chi connectivity index (χ2v) is 4.51. The molecule has 0 heterocycles. The van der Waals surface area contributed by atoms with Gasteiger partial charge in [-0.2, -0.15) is 13.2 Å². The Bertz CT molecular complexity index is 639. The third-order valence-corrected chi connectivity index (χ3v) is 2.86. The molecule has 0 aromatic heterocycles. The Labute approximate surface area is 119 Å². The van der Waals surface area contributed by atoms with Gasteiger partial charge in [0.2, 0.25) is 5.91 Å². The van der Waals surface area contributed by atoms with Crippen LogP contribution in [0.3, 0.4) is 0 Å². The molecular weight excluding hydrogens is 281 g/mol. The van der Waals surface area contributed by atoms with Crippen LogP contribution in [0.25, 0.3) is 0 Å². The predicted molar refractivity (Wildman–Crippen MR) is 74.6 cm³/mol. The second kappa shape index (κ2) is 5.87. The molecule has 6 heteroatoms. The molecule has 0 aliphatic heterocycles. The maximum atomic E-state index is 12.5. The molecule has 1 amide bonds. The Morgan fingerprint density at radius 3 is 2.33 bits per heavy atom. The zero-order valence-electron chi connectivity index (χ0n) is 10.9. The lowest BCUT2D eigenvalue weighted by Crippen LogP contribution is -2.16. The van der Waals surface area contributed by atoms with Gasteiger partial charge in [-0.1, -0.05) is 30.3 Å². The van der Waals surface area contributed by atoms with Crippen molar-refractivity contribution in [1.82, 2.24) is 0 Å². The number of carbonyl (C=O) groups is 1. The fourth-order valence-electron chi connectivity index (χ4n) is 1.83. The van der Waals surface area contributed by atoms with Gasteiger partial charge in [0, 0.05) is 0 Å². The third-order valence-electron chi connectivity index (χ3n) is 2.86. The van der Waals surface area contributed by atoms with Crippen molar-refractivity contribution in [2.45, 2.75) is 12.6 Å². The number of nitrogens with two attached hydrogens (primary N) is 1. The van der Waals surface area contributed by atoms with E-state index in [1.165, 1.54) is 0 Å². The Balaban J connectivity index is 2.08. The third kappa shape index (κ3) is 3.98. The molecule has 21 heavy (non-hydrogen) atoms. The lowest BCUT2D eigenvalue weighted by atomic mass is 10.1. The number of anilines is 2. The Kier molecular flexibility index (Phi) is 4.16. The SMILES string of the molecule is Nc1cc(C(F)(F)F)ccc1NC(=O)Cc1ccccc1. The molecule has 0 spiro atoms. The van der Waals surface area contributed by atoms with Gasteiger partial charge in [0.15, 0.2) is 0 Å². The summed E-state index contributed by atoms with van der Waals surface area (Å²) in [5, 5.41) is 2.51. The average Bonchev–Trinajstić information content (AvgIpc) is 2.41. The number of hydrogen-bond donors (Lipinski definition) is 2. The van der Waals surface area contributed by atoms with Crippen LogP contribution in [0.15, 0.2) is 48.5 Å². The van der Waals surface area contributed by atoms with Crippen LogP contribution >= 0.6 is 0 Å². The molecule has 0 aliphatic rings. The standard InChI is InChI=1S/C15H13F3N2O/c16-15(17,18)11-6-7-13(12(19)9-11)20-14(21)8-10-4-2-1-3-5-10/h1-7,9H,8,19H2,(H,20,21). The van der Waals surface area contributed by atoms with E-state index in [1.807, 2.05) is 6.07 Å². The summed E-state index contributed by atoms with van der Waals surface area (Å²) in [6.07, 6.45) is -4.33. The monoisotopic (exact) mass is 294 g/mol. The number of halogens is 3. The smallest absolute Gasteiger partial charge is 0.397 e. The van der Waals surface area contributed by atoms with Crippen LogP contribution in [0.2, 0.25) is 0 Å². The predicted octanol–water partition coefficient (Wildman–Crippen LogP) is 3.47. The van der Waals surface area contributed by atoms with Crippen molar-refractivity contribution < 1.29 is 18.0 Å². The lowest BCUT2D eigenvalue weighted by molar-refractivity contribution is -0.137. The highest BCUT2D eigenvalue weighted by molar-refractivity contribution is 5.95. The van der Waals surface area contributed by atoms with Crippen molar-refractivity contribution in [3.63, 3.8) is 0 Å². The number of benzene rings is 2. The molecule has 0 radical (unpaired) electrons. The zero-order valence-corrected chi connectivity index (χ0v) is 10.9. The summed E-state index contributed by atoms with van der Waals surface area (Å²) in [6.45, 7) is 0. The van der Waals surface area contributed by atoms with Crippen LogP contribution in [0.5, 0.6) is 0 Å². The van der Waals surface area contributed by atoms with Gasteiger partial charge in [-0.3, -0.25) is 4.79 Å². The number of alkyl halides is 3. The molecule has 0 saturated carbocycles. The highest BCUT2D eigenvalue weighted by Crippen LogP contribution is 2.32. The van der Waals surface area contributed by atoms with Crippen LogP contribution in [0.1, 0.15) is 11.1 Å². The first-order valence-corrected chi connectivity index (χ1v) is 6.17. The molecule has 110 valence electrons. The summed E-state index contributed by atoms with van der Waals surface area (Å²) in [5.41, 5.74) is 5.56. The summed E-state index contributed by atoms with van der Waals surface area (Å²) >= 11 is 0. The van der Waals surface area contributed by atoms with Crippen LogP contribution < -0.4 is 11.1 Å². The first-order chi connectivity index (χ1) is 9.86. The van der Waals surface area contributed by atoms with Gasteiger partial charge in [0.05, 0.1) is 23.4 Å². The van der Waals surface area contributed by atoms with Crippen LogP contribution in [-0.2, 0) is 17.4 Å². The van der Waals surface area contributed by atoms with E-state index in [0.717, 1.165) is 23.8 Å². The molecule has 0 saturated heterocycles. The van der Waals surface area contributed by atoms with E-state index in [-0.39, 0.29) is 23.7 Å². The molecule has 0 fully saturated rings. The van der Waals surface area contributed by atoms with Gasteiger partial charge in [-0.05, 0) is 23.8 Å². The first kappa shape index (κ1) is 14.9. The van der Waals surface area contributed by atoms with E-state index < -0.39 is 11.7 Å². The molecule has 2 aromatic rings. The molecule has 0 unspecified atom stereocenters. The maximum Gasteiger partial charge on any atom is 0.416 e. The molecule has 3 N–H and O–H groups in total. The van der Waals surface area contributed by atoms with Crippen molar-refractivity contribution in [2.24, 2.45) is 0 Å². The number of carbonyl (C=O) groups excluding carboxylic acids is 1. The van der Waals surface area contributed by atoms with Crippen molar-refractivity contribution in [1.29, 1.82) is 0 Å². The normalized spacial score (nSPS) is 11.2. The Hall–Kier alpha value is -2.50. The van der Waals surface area contributed by atoms with Crippen molar-refractivity contribution in [3.8, 4) is 0 Å². The number of amides is 1. The first-order valence-electron chi connectivity index (χ1n) is 6.17. The molecule has 2 aromatic carbocycles. The average molecular weight is 294 g/mol. The van der Waals surface area contributed by atoms with Gasteiger partial charge < -0.3 is 11.1 Å². The second-order valence-electron chi connectivity index (χ2n) is 4.51. The minimum atomic E-state index is -4.46. The van der Waals surface area contributed by atoms with Crippen molar-refractivity contribution >= 4 is 17.3 Å². The Morgan fingerprint density at radius 1 is 1.10 bits per heavy atom. The molecule has 0 atom stereocenters. The number of hydrogen-bond acceptors (Lipinski definition) is 2. The van der Waals surface area contributed by atoms with Crippen molar-refractivity contribution in [3.05, 3.63) is 59.7 Å². The number of rotatable bonds is 3. The van der Waals surface area contributed by atoms with E-state index >= 15 is 0 Å². The van der Waals surface area contributed by atoms with Gasteiger partial charge in [0.1, 0.15) is 0 Å². The summed E-state index contributed by atoms with van der Waals surface area (Å²) in [7, 11) is 0. The van der Waals surface area contributed by atoms with E-state index in [4.69, 9.17) is 5.73 Å². The molecule has 0 bridgehead atoms. The minimum Gasteiger partial charge on any atom is -0.397 e. The zero-order chi connectivity index (χ0) is 15.5. The largest absolute Gasteiger partial charge is 0.416 e. The summed E-state index contributed by atoms with van der Waals surface area (Å²) in [4.78, 5) is 11.8. The number of nitrogens with one attached hydrogen (secondary N) is 1. The maximum absolute atomic E-state index is 12.5. The summed E-state index contributed by atoms with van der Waals surface area (Å²) in [5.74, 6) is -0.340. The fraction of sp³-hybridized carbons (Fsp3) is 0.133. The van der Waals surface area contributed by atoms with Gasteiger partial charge in [-0.25, -0.2) is 0 Å². The fourth-order valence-corrected chi connectivity index (χ4v) is 1.83. The molecular formula is C15H13F3N2O. The topological polar surface area (TPSA) is 55.1 Å². The van der Waals surface area contributed by atoms with E-state index in [9.17, 15) is 18.0 Å². The van der Waals surface area contributed by atoms with Gasteiger partial charge in [0.25, 0.3) is 0 Å². The highest BCUT2D eigenvalue weighted by Gasteiger charge is 2.30. The van der Waals surface area contributed by atoms with Crippen LogP contribution in [0.4, 0.5) is 24.5 Å². The molecule has 0 aliphatic carbocycles. The van der Waals surface area contributed by atoms with Gasteiger partial charge >= 0.3 is 6.18 Å². The Morgan fingerprint density at radius 2 is 1.76 bits per heavy atom.